The number of benzene rings is 1. The van der Waals surface area contributed by atoms with Gasteiger partial charge >= 0.3 is 5.97 Å². The number of nitrogens with zero attached hydrogens (tertiary/aromatic N) is 2. The average Bonchev–Trinajstić information content (AvgIpc) is 2.24. The van der Waals surface area contributed by atoms with Crippen LogP contribution in [-0.2, 0) is 4.79 Å². The normalized spacial score (nSPS) is 10.8. The Kier molecular flexibility index (Phi) is 4.36. The molecule has 0 unspecified atom stereocenters. The fraction of sp³-hybridized carbons (Fsp3) is 0.385. The molecule has 0 fully saturated rings. The molecule has 0 aliphatic carbocycles. The second kappa shape index (κ2) is 5.40. The molecule has 1 aromatic carbocycles. The molecule has 18 heavy (non-hydrogen) atoms. The Labute approximate surface area is 115 Å². The fourth-order valence-electron chi connectivity index (χ4n) is 1.67. The van der Waals surface area contributed by atoms with Crippen LogP contribution in [0.3, 0.4) is 0 Å². The predicted molar refractivity (Wildman–Crippen MR) is 73.6 cm³/mol. The second-order valence-corrected chi connectivity index (χ2v) is 5.75. The van der Waals surface area contributed by atoms with E-state index >= 15 is 0 Å². The minimum Gasteiger partial charge on any atom is -0.480 e. The Balaban J connectivity index is 3.35. The quantitative estimate of drug-likeness (QED) is 0.932. The van der Waals surface area contributed by atoms with Crippen LogP contribution in [0.1, 0.15) is 26.3 Å². The zero-order valence-electron chi connectivity index (χ0n) is 10.6. The van der Waals surface area contributed by atoms with E-state index in [0.29, 0.717) is 15.7 Å². The van der Waals surface area contributed by atoms with Crippen molar-refractivity contribution >= 4 is 27.6 Å². The fourth-order valence-corrected chi connectivity index (χ4v) is 2.11. The molecule has 0 heterocycles. The number of rotatable bonds is 3. The van der Waals surface area contributed by atoms with Crippen molar-refractivity contribution in [3.05, 3.63) is 28.2 Å². The summed E-state index contributed by atoms with van der Waals surface area (Å²) in [6.07, 6.45) is 0. The number of halogens is 1. The Morgan fingerprint density at radius 2 is 2.11 bits per heavy atom. The van der Waals surface area contributed by atoms with Crippen molar-refractivity contribution in [2.75, 3.05) is 11.4 Å². The van der Waals surface area contributed by atoms with Crippen LogP contribution in [0.5, 0.6) is 0 Å². The van der Waals surface area contributed by atoms with Crippen molar-refractivity contribution in [1.82, 2.24) is 0 Å². The van der Waals surface area contributed by atoms with Crippen LogP contribution in [0.25, 0.3) is 0 Å². The van der Waals surface area contributed by atoms with E-state index in [4.69, 9.17) is 5.11 Å². The molecule has 0 spiro atoms. The van der Waals surface area contributed by atoms with E-state index in [1.807, 2.05) is 20.8 Å². The van der Waals surface area contributed by atoms with Crippen LogP contribution in [0.4, 0.5) is 5.69 Å². The van der Waals surface area contributed by atoms with E-state index in [2.05, 4.69) is 22.0 Å². The van der Waals surface area contributed by atoms with Crippen LogP contribution < -0.4 is 4.90 Å². The Morgan fingerprint density at radius 3 is 2.56 bits per heavy atom. The molecule has 4 nitrogen and oxygen atoms in total. The van der Waals surface area contributed by atoms with Gasteiger partial charge in [0.15, 0.2) is 0 Å². The van der Waals surface area contributed by atoms with E-state index in [9.17, 15) is 10.1 Å². The van der Waals surface area contributed by atoms with Gasteiger partial charge in [-0.25, -0.2) is 0 Å². The summed E-state index contributed by atoms with van der Waals surface area (Å²) in [6.45, 7) is 5.60. The lowest BCUT2D eigenvalue weighted by Crippen LogP contribution is -2.45. The van der Waals surface area contributed by atoms with Gasteiger partial charge in [-0.2, -0.15) is 5.26 Å². The minimum atomic E-state index is -0.922. The predicted octanol–water partition coefficient (Wildman–Crippen LogP) is 3.01. The number of anilines is 1. The molecule has 0 aromatic heterocycles. The Bertz CT molecular complexity index is 501. The Hall–Kier alpha value is -1.54. The van der Waals surface area contributed by atoms with Gasteiger partial charge < -0.3 is 10.0 Å². The van der Waals surface area contributed by atoms with Gasteiger partial charge in [0.05, 0.1) is 11.3 Å². The highest BCUT2D eigenvalue weighted by Crippen LogP contribution is 2.31. The highest BCUT2D eigenvalue weighted by atomic mass is 79.9. The van der Waals surface area contributed by atoms with Crippen molar-refractivity contribution in [2.24, 2.45) is 0 Å². The first kappa shape index (κ1) is 14.5. The number of aliphatic carboxylic acids is 1. The Morgan fingerprint density at radius 1 is 1.50 bits per heavy atom. The standard InChI is InChI=1S/C13H15BrN2O2/c1-13(2,3)16(8-12(17)18)11-6-4-5-10(14)9(11)7-15/h4-6H,8H2,1-3H3,(H,17,18). The van der Waals surface area contributed by atoms with E-state index in [-0.39, 0.29) is 12.1 Å². The van der Waals surface area contributed by atoms with Crippen LogP contribution in [-0.4, -0.2) is 23.2 Å². The van der Waals surface area contributed by atoms with Crippen molar-refractivity contribution in [2.45, 2.75) is 26.3 Å². The van der Waals surface area contributed by atoms with Crippen LogP contribution >= 0.6 is 15.9 Å². The van der Waals surface area contributed by atoms with E-state index in [1.165, 1.54) is 0 Å². The van der Waals surface area contributed by atoms with Crippen LogP contribution in [0, 0.1) is 11.3 Å². The largest absolute Gasteiger partial charge is 0.480 e. The number of carbonyl (C=O) groups is 1. The first-order chi connectivity index (χ1) is 8.27. The molecule has 96 valence electrons. The third-order valence-electron chi connectivity index (χ3n) is 2.50. The molecule has 0 amide bonds. The first-order valence-electron chi connectivity index (χ1n) is 5.45. The summed E-state index contributed by atoms with van der Waals surface area (Å²) in [4.78, 5) is 12.7. The van der Waals surface area contributed by atoms with Gasteiger partial charge in [0, 0.05) is 10.0 Å². The number of hydrogen-bond donors (Lipinski definition) is 1. The van der Waals surface area contributed by atoms with Crippen molar-refractivity contribution in [1.29, 1.82) is 5.26 Å². The van der Waals surface area contributed by atoms with Crippen molar-refractivity contribution in [3.63, 3.8) is 0 Å². The molecule has 1 N–H and O–H groups in total. The topological polar surface area (TPSA) is 64.3 Å². The minimum absolute atomic E-state index is 0.144. The number of nitriles is 1. The summed E-state index contributed by atoms with van der Waals surface area (Å²) in [6, 6.07) is 7.43. The zero-order valence-corrected chi connectivity index (χ0v) is 12.2. The van der Waals surface area contributed by atoms with Gasteiger partial charge in [0.1, 0.15) is 12.6 Å². The molecule has 0 bridgehead atoms. The summed E-state index contributed by atoms with van der Waals surface area (Å²) >= 11 is 3.31. The lowest BCUT2D eigenvalue weighted by Gasteiger charge is -2.37. The second-order valence-electron chi connectivity index (χ2n) is 4.90. The third kappa shape index (κ3) is 3.23. The molecule has 0 radical (unpaired) electrons. The maximum atomic E-state index is 11.0. The van der Waals surface area contributed by atoms with Crippen molar-refractivity contribution < 1.29 is 9.90 Å². The number of hydrogen-bond acceptors (Lipinski definition) is 3. The van der Waals surface area contributed by atoms with Gasteiger partial charge in [0.2, 0.25) is 0 Å². The summed E-state index contributed by atoms with van der Waals surface area (Å²) in [7, 11) is 0. The number of carboxylic acids is 1. The molecule has 0 aliphatic heterocycles. The van der Waals surface area contributed by atoms with Crippen LogP contribution in [0.15, 0.2) is 22.7 Å². The molecule has 0 saturated carbocycles. The molecule has 1 rings (SSSR count). The molecule has 5 heteroatoms. The van der Waals surface area contributed by atoms with Gasteiger partial charge in [-0.3, -0.25) is 4.79 Å². The molecular formula is C13H15BrN2O2. The first-order valence-corrected chi connectivity index (χ1v) is 6.24. The highest BCUT2D eigenvalue weighted by molar-refractivity contribution is 9.10. The van der Waals surface area contributed by atoms with Gasteiger partial charge in [0.25, 0.3) is 0 Å². The zero-order chi connectivity index (χ0) is 13.9. The maximum Gasteiger partial charge on any atom is 0.323 e. The monoisotopic (exact) mass is 310 g/mol. The summed E-state index contributed by atoms with van der Waals surface area (Å²) in [5, 5.41) is 18.2. The molecule has 0 atom stereocenters. The van der Waals surface area contributed by atoms with E-state index in [1.54, 1.807) is 23.1 Å². The lowest BCUT2D eigenvalue weighted by atomic mass is 10.0. The number of carboxylic acid groups (broad SMARTS) is 1. The SMILES string of the molecule is CC(C)(C)N(CC(=O)O)c1cccc(Br)c1C#N. The highest BCUT2D eigenvalue weighted by Gasteiger charge is 2.26. The summed E-state index contributed by atoms with van der Waals surface area (Å²) < 4.78 is 0.669. The molecule has 0 saturated heterocycles. The lowest BCUT2D eigenvalue weighted by molar-refractivity contribution is -0.135. The van der Waals surface area contributed by atoms with E-state index in [0.717, 1.165) is 0 Å². The summed E-state index contributed by atoms with van der Waals surface area (Å²) in [5.74, 6) is -0.922. The molecular weight excluding hydrogens is 296 g/mol. The molecule has 0 aliphatic rings. The molecule has 1 aromatic rings. The van der Waals surface area contributed by atoms with Gasteiger partial charge in [-0.1, -0.05) is 6.07 Å². The van der Waals surface area contributed by atoms with E-state index < -0.39 is 5.97 Å². The smallest absolute Gasteiger partial charge is 0.323 e. The van der Waals surface area contributed by atoms with Gasteiger partial charge in [-0.05, 0) is 48.8 Å². The average molecular weight is 311 g/mol. The maximum absolute atomic E-state index is 11.0. The summed E-state index contributed by atoms with van der Waals surface area (Å²) in [5.41, 5.74) is 0.695. The third-order valence-corrected chi connectivity index (χ3v) is 3.16. The van der Waals surface area contributed by atoms with Crippen molar-refractivity contribution in [3.8, 4) is 6.07 Å². The van der Waals surface area contributed by atoms with Gasteiger partial charge in [-0.15, -0.1) is 0 Å². The van der Waals surface area contributed by atoms with Crippen LogP contribution in [0.2, 0.25) is 0 Å².